The van der Waals surface area contributed by atoms with Gasteiger partial charge in [0.1, 0.15) is 6.61 Å². The average Bonchev–Trinajstić information content (AvgIpc) is 2.55. The lowest BCUT2D eigenvalue weighted by molar-refractivity contribution is 0.106. The lowest BCUT2D eigenvalue weighted by Gasteiger charge is -2.20. The summed E-state index contributed by atoms with van der Waals surface area (Å²) in [4.78, 5) is 11.7. The Kier molecular flexibility index (Phi) is 5.98. The summed E-state index contributed by atoms with van der Waals surface area (Å²) in [6, 6.07) is 18.8. The van der Waals surface area contributed by atoms with Crippen molar-refractivity contribution in [3.05, 3.63) is 71.8 Å². The molecule has 0 saturated heterocycles. The molecule has 1 amide bonds. The zero-order valence-corrected chi connectivity index (χ0v) is 12.6. The Hall–Kier alpha value is -2.33. The maximum Gasteiger partial charge on any atom is 0.407 e. The van der Waals surface area contributed by atoms with Gasteiger partial charge in [-0.1, -0.05) is 60.7 Å². The Morgan fingerprint density at radius 1 is 1.05 bits per heavy atom. The summed E-state index contributed by atoms with van der Waals surface area (Å²) in [5.74, 6) is 0. The van der Waals surface area contributed by atoms with Crippen LogP contribution in [0.1, 0.15) is 18.1 Å². The normalized spacial score (nSPS) is 13.2. The van der Waals surface area contributed by atoms with E-state index in [4.69, 9.17) is 4.74 Å². The SMILES string of the molecule is CC(NC(=O)OCc1ccccc1)C(O)Cc1ccccc1. The fourth-order valence-corrected chi connectivity index (χ4v) is 2.08. The fourth-order valence-electron chi connectivity index (χ4n) is 2.08. The van der Waals surface area contributed by atoms with Crippen molar-refractivity contribution >= 4 is 6.09 Å². The lowest BCUT2D eigenvalue weighted by Crippen LogP contribution is -2.42. The number of benzene rings is 2. The molecule has 0 heterocycles. The minimum absolute atomic E-state index is 0.216. The highest BCUT2D eigenvalue weighted by atomic mass is 16.5. The molecule has 4 heteroatoms. The number of carbonyl (C=O) groups excluding carboxylic acids is 1. The molecule has 0 aliphatic carbocycles. The molecule has 0 spiro atoms. The minimum atomic E-state index is -0.660. The number of carbonyl (C=O) groups is 1. The number of aliphatic hydroxyl groups excluding tert-OH is 1. The molecule has 2 N–H and O–H groups in total. The van der Waals surface area contributed by atoms with Crippen molar-refractivity contribution in [3.63, 3.8) is 0 Å². The quantitative estimate of drug-likeness (QED) is 0.862. The van der Waals surface area contributed by atoms with E-state index >= 15 is 0 Å². The number of aliphatic hydroxyl groups is 1. The summed E-state index contributed by atoms with van der Waals surface area (Å²) >= 11 is 0. The molecule has 0 fully saturated rings. The third kappa shape index (κ3) is 5.22. The maximum atomic E-state index is 11.7. The van der Waals surface area contributed by atoms with Crippen LogP contribution in [0.15, 0.2) is 60.7 Å². The first kappa shape index (κ1) is 16.0. The molecule has 2 atom stereocenters. The molecular weight excluding hydrogens is 278 g/mol. The Bertz CT molecular complexity index is 571. The molecule has 0 bridgehead atoms. The zero-order valence-electron chi connectivity index (χ0n) is 12.6. The highest BCUT2D eigenvalue weighted by Gasteiger charge is 2.17. The number of hydrogen-bond donors (Lipinski definition) is 2. The molecule has 116 valence electrons. The van der Waals surface area contributed by atoms with E-state index in [1.54, 1.807) is 6.92 Å². The van der Waals surface area contributed by atoms with E-state index in [2.05, 4.69) is 5.32 Å². The van der Waals surface area contributed by atoms with Crippen LogP contribution in [-0.2, 0) is 17.8 Å². The third-order valence-electron chi connectivity index (χ3n) is 3.42. The standard InChI is InChI=1S/C18H21NO3/c1-14(17(20)12-15-8-4-2-5-9-15)19-18(21)22-13-16-10-6-3-7-11-16/h2-11,14,17,20H,12-13H2,1H3,(H,19,21). The Labute approximate surface area is 130 Å². The van der Waals surface area contributed by atoms with Crippen LogP contribution in [0.4, 0.5) is 4.79 Å². The number of alkyl carbamates (subject to hydrolysis) is 1. The summed E-state index contributed by atoms with van der Waals surface area (Å²) < 4.78 is 5.14. The molecule has 0 aliphatic rings. The van der Waals surface area contributed by atoms with Gasteiger partial charge in [0.05, 0.1) is 12.1 Å². The maximum absolute atomic E-state index is 11.7. The van der Waals surface area contributed by atoms with E-state index in [0.29, 0.717) is 6.42 Å². The van der Waals surface area contributed by atoms with Gasteiger partial charge in [-0.2, -0.15) is 0 Å². The highest BCUT2D eigenvalue weighted by molar-refractivity contribution is 5.67. The molecular formula is C18H21NO3. The zero-order chi connectivity index (χ0) is 15.8. The van der Waals surface area contributed by atoms with Gasteiger partial charge >= 0.3 is 6.09 Å². The number of hydrogen-bond acceptors (Lipinski definition) is 3. The molecule has 2 unspecified atom stereocenters. The van der Waals surface area contributed by atoms with Crippen molar-refractivity contribution in [1.82, 2.24) is 5.32 Å². The van der Waals surface area contributed by atoms with E-state index < -0.39 is 12.2 Å². The second-order valence-electron chi connectivity index (χ2n) is 5.25. The van der Waals surface area contributed by atoms with Gasteiger partial charge in [0.15, 0.2) is 0 Å². The number of amides is 1. The van der Waals surface area contributed by atoms with Gasteiger partial charge in [0.2, 0.25) is 0 Å². The number of ether oxygens (including phenoxy) is 1. The molecule has 2 aromatic rings. The fraction of sp³-hybridized carbons (Fsp3) is 0.278. The molecule has 2 rings (SSSR count). The van der Waals surface area contributed by atoms with Gasteiger partial charge < -0.3 is 15.2 Å². The molecule has 4 nitrogen and oxygen atoms in total. The summed E-state index contributed by atoms with van der Waals surface area (Å²) in [6.07, 6.45) is -0.698. The van der Waals surface area contributed by atoms with Crippen LogP contribution in [0.5, 0.6) is 0 Å². The van der Waals surface area contributed by atoms with Crippen molar-refractivity contribution < 1.29 is 14.6 Å². The van der Waals surface area contributed by atoms with Gasteiger partial charge in [0.25, 0.3) is 0 Å². The molecule has 22 heavy (non-hydrogen) atoms. The number of rotatable bonds is 6. The third-order valence-corrected chi connectivity index (χ3v) is 3.42. The van der Waals surface area contributed by atoms with Crippen LogP contribution >= 0.6 is 0 Å². The molecule has 2 aromatic carbocycles. The smallest absolute Gasteiger partial charge is 0.407 e. The van der Waals surface area contributed by atoms with Crippen LogP contribution in [0, 0.1) is 0 Å². The average molecular weight is 299 g/mol. The first-order chi connectivity index (χ1) is 10.6. The van der Waals surface area contributed by atoms with Crippen molar-refractivity contribution in [2.75, 3.05) is 0 Å². The van der Waals surface area contributed by atoms with Crippen molar-refractivity contribution in [2.24, 2.45) is 0 Å². The Morgan fingerprint density at radius 2 is 1.59 bits per heavy atom. The van der Waals surface area contributed by atoms with Crippen LogP contribution < -0.4 is 5.32 Å². The molecule has 0 saturated carbocycles. The molecule has 0 radical (unpaired) electrons. The van der Waals surface area contributed by atoms with Crippen LogP contribution in [0.2, 0.25) is 0 Å². The Balaban J connectivity index is 1.75. The number of nitrogens with one attached hydrogen (secondary N) is 1. The van der Waals surface area contributed by atoms with Crippen LogP contribution in [0.3, 0.4) is 0 Å². The van der Waals surface area contributed by atoms with Crippen LogP contribution in [0.25, 0.3) is 0 Å². The van der Waals surface area contributed by atoms with Crippen molar-refractivity contribution in [3.8, 4) is 0 Å². The van der Waals surface area contributed by atoms with E-state index in [1.807, 2.05) is 60.7 Å². The van der Waals surface area contributed by atoms with Gasteiger partial charge in [-0.3, -0.25) is 0 Å². The van der Waals surface area contributed by atoms with E-state index in [-0.39, 0.29) is 12.6 Å². The van der Waals surface area contributed by atoms with Gasteiger partial charge in [-0.15, -0.1) is 0 Å². The van der Waals surface area contributed by atoms with E-state index in [9.17, 15) is 9.90 Å². The van der Waals surface area contributed by atoms with Crippen LogP contribution in [-0.4, -0.2) is 23.3 Å². The first-order valence-electron chi connectivity index (χ1n) is 7.34. The van der Waals surface area contributed by atoms with E-state index in [0.717, 1.165) is 11.1 Å². The van der Waals surface area contributed by atoms with Crippen molar-refractivity contribution in [1.29, 1.82) is 0 Å². The van der Waals surface area contributed by atoms with E-state index in [1.165, 1.54) is 0 Å². The topological polar surface area (TPSA) is 58.6 Å². The summed E-state index contributed by atoms with van der Waals surface area (Å²) in [5.41, 5.74) is 1.96. The lowest BCUT2D eigenvalue weighted by atomic mass is 10.0. The second-order valence-corrected chi connectivity index (χ2v) is 5.25. The summed E-state index contributed by atoms with van der Waals surface area (Å²) in [6.45, 7) is 1.98. The largest absolute Gasteiger partial charge is 0.445 e. The van der Waals surface area contributed by atoms with Gasteiger partial charge in [-0.05, 0) is 18.1 Å². The van der Waals surface area contributed by atoms with Gasteiger partial charge in [-0.25, -0.2) is 4.79 Å². The molecule has 0 aliphatic heterocycles. The summed E-state index contributed by atoms with van der Waals surface area (Å²) in [7, 11) is 0. The first-order valence-corrected chi connectivity index (χ1v) is 7.34. The van der Waals surface area contributed by atoms with Gasteiger partial charge in [0, 0.05) is 6.42 Å². The van der Waals surface area contributed by atoms with Crippen molar-refractivity contribution in [2.45, 2.75) is 32.1 Å². The monoisotopic (exact) mass is 299 g/mol. The highest BCUT2D eigenvalue weighted by Crippen LogP contribution is 2.06. The summed E-state index contributed by atoms with van der Waals surface area (Å²) in [5, 5.41) is 12.8. The molecule has 0 aromatic heterocycles. The second kappa shape index (κ2) is 8.20. The predicted octanol–water partition coefficient (Wildman–Crippen LogP) is 2.90. The minimum Gasteiger partial charge on any atom is -0.445 e. The predicted molar refractivity (Wildman–Crippen MR) is 85.4 cm³/mol. The Morgan fingerprint density at radius 3 is 2.18 bits per heavy atom.